The van der Waals surface area contributed by atoms with Gasteiger partial charge in [0.05, 0.1) is 6.04 Å². The normalized spacial score (nSPS) is 31.3. The molecule has 0 aromatic carbocycles. The Balaban J connectivity index is 1.76. The Morgan fingerprint density at radius 1 is 1.29 bits per heavy atom. The van der Waals surface area contributed by atoms with Gasteiger partial charge < -0.3 is 27.0 Å². The van der Waals surface area contributed by atoms with Gasteiger partial charge in [-0.3, -0.25) is 19.2 Å². The van der Waals surface area contributed by atoms with E-state index in [0.29, 0.717) is 19.5 Å². The molecule has 9 nitrogen and oxygen atoms in total. The number of piperidine rings is 2. The van der Waals surface area contributed by atoms with E-state index < -0.39 is 35.4 Å². The van der Waals surface area contributed by atoms with Crippen molar-refractivity contribution in [2.75, 3.05) is 13.1 Å². The average molecular weight is 436 g/mol. The van der Waals surface area contributed by atoms with E-state index in [1.807, 2.05) is 20.8 Å². The van der Waals surface area contributed by atoms with Gasteiger partial charge in [-0.2, -0.15) is 0 Å². The molecule has 0 aromatic heterocycles. The lowest BCUT2D eigenvalue weighted by molar-refractivity contribution is -0.143. The molecule has 3 unspecified atom stereocenters. The highest BCUT2D eigenvalue weighted by molar-refractivity contribution is 5.94. The summed E-state index contributed by atoms with van der Waals surface area (Å²) in [5.41, 5.74) is 11.3. The molecule has 0 spiro atoms. The van der Waals surface area contributed by atoms with Gasteiger partial charge in [-0.05, 0) is 41.9 Å². The summed E-state index contributed by atoms with van der Waals surface area (Å²) in [4.78, 5) is 52.2. The van der Waals surface area contributed by atoms with Gasteiger partial charge >= 0.3 is 0 Å². The van der Waals surface area contributed by atoms with E-state index in [1.165, 1.54) is 0 Å². The predicted octanol–water partition coefficient (Wildman–Crippen LogP) is -0.271. The molecule has 4 amide bonds. The van der Waals surface area contributed by atoms with Crippen LogP contribution in [0.15, 0.2) is 0 Å². The topological polar surface area (TPSA) is 148 Å². The number of carbonyl (C=O) groups excluding carboxylic acids is 4. The minimum Gasteiger partial charge on any atom is -0.368 e. The summed E-state index contributed by atoms with van der Waals surface area (Å²) in [6.45, 7) is 11.0. The summed E-state index contributed by atoms with van der Waals surface area (Å²) in [6.07, 6.45) is 1.63. The van der Waals surface area contributed by atoms with Crippen LogP contribution in [0.2, 0.25) is 0 Å². The molecule has 0 aromatic rings. The second-order valence-corrected chi connectivity index (χ2v) is 11.1. The maximum absolute atomic E-state index is 13.3. The van der Waals surface area contributed by atoms with E-state index in [1.54, 1.807) is 4.90 Å². The Morgan fingerprint density at radius 3 is 2.48 bits per heavy atom. The number of nitrogens with two attached hydrogens (primary N) is 2. The first-order valence-electron chi connectivity index (χ1n) is 11.2. The molecule has 0 radical (unpaired) electrons. The van der Waals surface area contributed by atoms with Gasteiger partial charge in [0.2, 0.25) is 23.6 Å². The fourth-order valence-electron chi connectivity index (χ4n) is 5.21. The van der Waals surface area contributed by atoms with Gasteiger partial charge in [0.25, 0.3) is 0 Å². The van der Waals surface area contributed by atoms with Crippen LogP contribution < -0.4 is 22.1 Å². The zero-order valence-corrected chi connectivity index (χ0v) is 19.2. The fraction of sp³-hybridized carbons (Fsp3) is 0.818. The van der Waals surface area contributed by atoms with Crippen molar-refractivity contribution in [1.82, 2.24) is 15.5 Å². The minimum atomic E-state index is -0.962. The predicted molar refractivity (Wildman–Crippen MR) is 115 cm³/mol. The van der Waals surface area contributed by atoms with E-state index in [0.717, 1.165) is 6.42 Å². The van der Waals surface area contributed by atoms with E-state index in [2.05, 4.69) is 24.5 Å². The summed E-state index contributed by atoms with van der Waals surface area (Å²) < 4.78 is 0. The largest absolute Gasteiger partial charge is 0.368 e. The first-order valence-corrected chi connectivity index (χ1v) is 11.2. The van der Waals surface area contributed by atoms with E-state index in [9.17, 15) is 19.2 Å². The Hall–Kier alpha value is -2.16. The van der Waals surface area contributed by atoms with Gasteiger partial charge in [-0.15, -0.1) is 0 Å². The van der Waals surface area contributed by atoms with E-state index in [-0.39, 0.29) is 41.4 Å². The van der Waals surface area contributed by atoms with Crippen LogP contribution in [0, 0.1) is 28.6 Å². The van der Waals surface area contributed by atoms with Crippen molar-refractivity contribution in [3.63, 3.8) is 0 Å². The number of primary amides is 1. The Labute approximate surface area is 184 Å². The van der Waals surface area contributed by atoms with Crippen LogP contribution in [0.4, 0.5) is 0 Å². The first-order chi connectivity index (χ1) is 14.3. The number of fused-ring (bicyclic) bond motifs is 1. The van der Waals surface area contributed by atoms with Gasteiger partial charge in [-0.1, -0.05) is 34.6 Å². The molecule has 31 heavy (non-hydrogen) atoms. The maximum Gasteiger partial charge on any atom is 0.243 e. The Bertz CT molecular complexity index is 774. The van der Waals surface area contributed by atoms with Crippen LogP contribution in [0.3, 0.4) is 0 Å². The van der Waals surface area contributed by atoms with Crippen LogP contribution in [-0.4, -0.2) is 59.7 Å². The lowest BCUT2D eigenvalue weighted by Gasteiger charge is -2.36. The number of nitrogens with zero attached hydrogens (tertiary/aromatic N) is 1. The monoisotopic (exact) mass is 435 g/mol. The highest BCUT2D eigenvalue weighted by Crippen LogP contribution is 2.65. The lowest BCUT2D eigenvalue weighted by Crippen LogP contribution is -2.59. The molecule has 3 rings (SSSR count). The van der Waals surface area contributed by atoms with Crippen LogP contribution in [-0.2, 0) is 19.2 Å². The molecule has 2 heterocycles. The van der Waals surface area contributed by atoms with Gasteiger partial charge in [0.1, 0.15) is 12.1 Å². The quantitative estimate of drug-likeness (QED) is 0.453. The molecule has 3 fully saturated rings. The molecule has 9 heteroatoms. The smallest absolute Gasteiger partial charge is 0.243 e. The third kappa shape index (κ3) is 4.42. The lowest BCUT2D eigenvalue weighted by atomic mass is 9.86. The molecule has 1 aliphatic carbocycles. The van der Waals surface area contributed by atoms with Crippen LogP contribution in [0.1, 0.15) is 53.9 Å². The molecule has 0 bridgehead atoms. The van der Waals surface area contributed by atoms with Crippen molar-refractivity contribution in [3.8, 4) is 0 Å². The number of carbonyl (C=O) groups is 4. The minimum absolute atomic E-state index is 0.00937. The first kappa shape index (κ1) is 23.5. The summed E-state index contributed by atoms with van der Waals surface area (Å²) in [6, 6.07) is -2.39. The number of hydrogen-bond acceptors (Lipinski definition) is 5. The second kappa shape index (κ2) is 8.07. The van der Waals surface area contributed by atoms with Gasteiger partial charge in [0.15, 0.2) is 0 Å². The number of amides is 4. The Kier molecular flexibility index (Phi) is 6.12. The van der Waals surface area contributed by atoms with Crippen molar-refractivity contribution >= 4 is 23.6 Å². The standard InChI is InChI=1S/C22H37N5O4/c1-21(2,3)16(23)20(31)27-10-12-14(22(12,4)5)15(27)19(30)26-13(17(24)28)9-11-7-6-8-25-18(11)29/h11-16H,6-10,23H2,1-5H3,(H2,24,28)(H,25,29)(H,26,30)/t11?,12-,13?,14-,15-,16?/m0/s1. The molecule has 2 saturated heterocycles. The molecule has 6 N–H and O–H groups in total. The zero-order valence-electron chi connectivity index (χ0n) is 19.2. The van der Waals surface area contributed by atoms with Gasteiger partial charge in [-0.25, -0.2) is 0 Å². The molecule has 3 aliphatic rings. The third-order valence-corrected chi connectivity index (χ3v) is 7.54. The summed E-state index contributed by atoms with van der Waals surface area (Å²) in [5, 5.41) is 5.54. The zero-order chi connectivity index (χ0) is 23.3. The maximum atomic E-state index is 13.3. The third-order valence-electron chi connectivity index (χ3n) is 7.54. The molecule has 2 aliphatic heterocycles. The van der Waals surface area contributed by atoms with Crippen LogP contribution in [0.5, 0.6) is 0 Å². The van der Waals surface area contributed by atoms with E-state index in [4.69, 9.17) is 11.5 Å². The highest BCUT2D eigenvalue weighted by atomic mass is 16.2. The molecular weight excluding hydrogens is 398 g/mol. The van der Waals surface area contributed by atoms with Crippen molar-refractivity contribution in [2.45, 2.75) is 72.0 Å². The molecule has 6 atom stereocenters. The summed E-state index contributed by atoms with van der Waals surface area (Å²) in [5.74, 6) is -1.59. The fourth-order valence-corrected chi connectivity index (χ4v) is 5.21. The SMILES string of the molecule is CC(C)(C)C(N)C(=O)N1C[C@H]2[C@@H]([C@H]1C(=O)NC(CC1CCCNC1=O)C(N)=O)C2(C)C. The number of nitrogens with one attached hydrogen (secondary N) is 2. The van der Waals surface area contributed by atoms with Crippen molar-refractivity contribution < 1.29 is 19.2 Å². The summed E-state index contributed by atoms with van der Waals surface area (Å²) in [7, 11) is 0. The van der Waals surface area contributed by atoms with Crippen LogP contribution >= 0.6 is 0 Å². The number of likely N-dealkylation sites (tertiary alicyclic amines) is 1. The van der Waals surface area contributed by atoms with E-state index >= 15 is 0 Å². The van der Waals surface area contributed by atoms with Crippen molar-refractivity contribution in [3.05, 3.63) is 0 Å². The second-order valence-electron chi connectivity index (χ2n) is 11.1. The number of hydrogen-bond donors (Lipinski definition) is 4. The van der Waals surface area contributed by atoms with Crippen molar-refractivity contribution in [1.29, 1.82) is 0 Å². The average Bonchev–Trinajstić information content (AvgIpc) is 3.02. The molecular formula is C22H37N5O4. The molecule has 174 valence electrons. The highest BCUT2D eigenvalue weighted by Gasteiger charge is 2.69. The summed E-state index contributed by atoms with van der Waals surface area (Å²) >= 11 is 0. The van der Waals surface area contributed by atoms with Gasteiger partial charge in [0, 0.05) is 19.0 Å². The Morgan fingerprint density at radius 2 is 1.94 bits per heavy atom. The van der Waals surface area contributed by atoms with Crippen molar-refractivity contribution in [2.24, 2.45) is 40.1 Å². The van der Waals surface area contributed by atoms with Crippen LogP contribution in [0.25, 0.3) is 0 Å². The molecule has 1 saturated carbocycles. The number of rotatable bonds is 6.